The fraction of sp³-hybridized carbons (Fsp3) is 0.900. The standard InChI is InChI=1S/C10H21N3/c1-5-10(4)7-12-9(11)13(10)6-8(2)3/h8H,5-7H2,1-4H3,(H2,11,12). The molecule has 13 heavy (non-hydrogen) atoms. The van der Waals surface area contributed by atoms with Gasteiger partial charge in [-0.25, -0.2) is 0 Å². The zero-order valence-electron chi connectivity index (χ0n) is 9.17. The molecule has 1 unspecified atom stereocenters. The van der Waals surface area contributed by atoms with Crippen molar-refractivity contribution in [2.24, 2.45) is 16.6 Å². The van der Waals surface area contributed by atoms with Gasteiger partial charge in [0.1, 0.15) is 0 Å². The molecule has 0 fully saturated rings. The topological polar surface area (TPSA) is 41.6 Å². The zero-order valence-corrected chi connectivity index (χ0v) is 9.17. The summed E-state index contributed by atoms with van der Waals surface area (Å²) < 4.78 is 0. The molecule has 0 aromatic rings. The smallest absolute Gasteiger partial charge is 0.191 e. The molecule has 3 heteroatoms. The lowest BCUT2D eigenvalue weighted by molar-refractivity contribution is 0.196. The van der Waals surface area contributed by atoms with Crippen LogP contribution in [0.4, 0.5) is 0 Å². The van der Waals surface area contributed by atoms with E-state index in [4.69, 9.17) is 5.73 Å². The minimum atomic E-state index is 0.161. The van der Waals surface area contributed by atoms with Gasteiger partial charge in [-0.1, -0.05) is 20.8 Å². The van der Waals surface area contributed by atoms with Crippen molar-refractivity contribution < 1.29 is 0 Å². The van der Waals surface area contributed by atoms with Gasteiger partial charge in [-0.15, -0.1) is 0 Å². The van der Waals surface area contributed by atoms with Gasteiger partial charge in [-0.2, -0.15) is 0 Å². The number of nitrogens with zero attached hydrogens (tertiary/aromatic N) is 2. The summed E-state index contributed by atoms with van der Waals surface area (Å²) in [6.45, 7) is 10.7. The monoisotopic (exact) mass is 183 g/mol. The summed E-state index contributed by atoms with van der Waals surface area (Å²) in [6.07, 6.45) is 1.10. The third-order valence-corrected chi connectivity index (χ3v) is 2.82. The lowest BCUT2D eigenvalue weighted by Gasteiger charge is -2.36. The maximum absolute atomic E-state index is 5.85. The summed E-state index contributed by atoms with van der Waals surface area (Å²) in [5.74, 6) is 1.36. The summed E-state index contributed by atoms with van der Waals surface area (Å²) in [5, 5.41) is 0. The third-order valence-electron chi connectivity index (χ3n) is 2.82. The molecule has 0 saturated carbocycles. The van der Waals surface area contributed by atoms with Crippen molar-refractivity contribution in [2.75, 3.05) is 13.1 Å². The Kier molecular flexibility index (Phi) is 2.84. The molecule has 0 amide bonds. The largest absolute Gasteiger partial charge is 0.370 e. The average molecular weight is 183 g/mol. The molecule has 0 radical (unpaired) electrons. The van der Waals surface area contributed by atoms with E-state index in [-0.39, 0.29) is 5.54 Å². The van der Waals surface area contributed by atoms with Gasteiger partial charge in [0, 0.05) is 6.54 Å². The van der Waals surface area contributed by atoms with Crippen LogP contribution in [0.2, 0.25) is 0 Å². The summed E-state index contributed by atoms with van der Waals surface area (Å²) >= 11 is 0. The van der Waals surface area contributed by atoms with E-state index < -0.39 is 0 Å². The number of hydrogen-bond donors (Lipinski definition) is 1. The Morgan fingerprint density at radius 3 is 2.69 bits per heavy atom. The lowest BCUT2D eigenvalue weighted by atomic mass is 9.97. The van der Waals surface area contributed by atoms with Crippen LogP contribution in [0.1, 0.15) is 34.1 Å². The number of rotatable bonds is 3. The fourth-order valence-electron chi connectivity index (χ4n) is 1.68. The second-order valence-corrected chi connectivity index (χ2v) is 4.53. The highest BCUT2D eigenvalue weighted by atomic mass is 15.3. The fourth-order valence-corrected chi connectivity index (χ4v) is 1.68. The Morgan fingerprint density at radius 1 is 1.62 bits per heavy atom. The molecular weight excluding hydrogens is 162 g/mol. The second kappa shape index (κ2) is 3.56. The van der Waals surface area contributed by atoms with Gasteiger partial charge < -0.3 is 10.6 Å². The maximum atomic E-state index is 5.85. The first-order chi connectivity index (χ1) is 5.99. The van der Waals surface area contributed by atoms with E-state index in [0.717, 1.165) is 25.5 Å². The predicted octanol–water partition coefficient (Wildman–Crippen LogP) is 1.44. The van der Waals surface area contributed by atoms with Crippen LogP contribution in [-0.2, 0) is 0 Å². The quantitative estimate of drug-likeness (QED) is 0.719. The molecular formula is C10H21N3. The molecule has 0 aromatic heterocycles. The molecule has 0 saturated heterocycles. The van der Waals surface area contributed by atoms with Crippen LogP contribution in [0.5, 0.6) is 0 Å². The van der Waals surface area contributed by atoms with Crippen molar-refractivity contribution >= 4 is 5.96 Å². The molecule has 1 atom stereocenters. The molecule has 0 aliphatic carbocycles. The number of nitrogens with two attached hydrogens (primary N) is 1. The first kappa shape index (κ1) is 10.4. The van der Waals surface area contributed by atoms with E-state index in [2.05, 4.69) is 37.6 Å². The number of hydrogen-bond acceptors (Lipinski definition) is 3. The van der Waals surface area contributed by atoms with E-state index in [1.807, 2.05) is 0 Å². The van der Waals surface area contributed by atoms with E-state index in [0.29, 0.717) is 5.92 Å². The SMILES string of the molecule is CCC1(C)CN=C(N)N1CC(C)C. The van der Waals surface area contributed by atoms with Crippen LogP contribution in [0.15, 0.2) is 4.99 Å². The molecule has 1 heterocycles. The van der Waals surface area contributed by atoms with Gasteiger partial charge in [0.2, 0.25) is 0 Å². The molecule has 3 nitrogen and oxygen atoms in total. The Morgan fingerprint density at radius 2 is 2.23 bits per heavy atom. The molecule has 76 valence electrons. The average Bonchev–Trinajstić information content (AvgIpc) is 2.33. The Balaban J connectivity index is 2.71. The van der Waals surface area contributed by atoms with E-state index >= 15 is 0 Å². The van der Waals surface area contributed by atoms with Crippen molar-refractivity contribution in [3.8, 4) is 0 Å². The Labute approximate surface area is 81.0 Å². The third kappa shape index (κ3) is 1.95. The Hall–Kier alpha value is -0.730. The highest BCUT2D eigenvalue weighted by Gasteiger charge is 2.36. The van der Waals surface area contributed by atoms with Gasteiger partial charge >= 0.3 is 0 Å². The lowest BCUT2D eigenvalue weighted by Crippen LogP contribution is -2.50. The summed E-state index contributed by atoms with van der Waals surface area (Å²) in [5.41, 5.74) is 6.02. The van der Waals surface area contributed by atoms with Crippen molar-refractivity contribution in [1.29, 1.82) is 0 Å². The van der Waals surface area contributed by atoms with Crippen LogP contribution >= 0.6 is 0 Å². The van der Waals surface area contributed by atoms with Crippen LogP contribution in [0.25, 0.3) is 0 Å². The van der Waals surface area contributed by atoms with Crippen LogP contribution in [-0.4, -0.2) is 29.5 Å². The van der Waals surface area contributed by atoms with Crippen LogP contribution < -0.4 is 5.73 Å². The molecule has 0 spiro atoms. The van der Waals surface area contributed by atoms with Crippen LogP contribution in [0.3, 0.4) is 0 Å². The first-order valence-electron chi connectivity index (χ1n) is 5.07. The zero-order chi connectivity index (χ0) is 10.1. The van der Waals surface area contributed by atoms with Gasteiger partial charge in [0.25, 0.3) is 0 Å². The predicted molar refractivity (Wildman–Crippen MR) is 56.7 cm³/mol. The maximum Gasteiger partial charge on any atom is 0.191 e. The van der Waals surface area contributed by atoms with Gasteiger partial charge in [0.05, 0.1) is 12.1 Å². The number of aliphatic imine (C=N–C) groups is 1. The first-order valence-corrected chi connectivity index (χ1v) is 5.07. The van der Waals surface area contributed by atoms with Crippen molar-refractivity contribution in [2.45, 2.75) is 39.7 Å². The normalized spacial score (nSPS) is 28.4. The van der Waals surface area contributed by atoms with E-state index in [1.54, 1.807) is 0 Å². The van der Waals surface area contributed by atoms with Crippen molar-refractivity contribution in [1.82, 2.24) is 4.90 Å². The highest BCUT2D eigenvalue weighted by Crippen LogP contribution is 2.25. The van der Waals surface area contributed by atoms with Gasteiger partial charge in [-0.3, -0.25) is 4.99 Å². The summed E-state index contributed by atoms with van der Waals surface area (Å²) in [6, 6.07) is 0. The van der Waals surface area contributed by atoms with Crippen molar-refractivity contribution in [3.05, 3.63) is 0 Å². The molecule has 0 bridgehead atoms. The van der Waals surface area contributed by atoms with Crippen LogP contribution in [0, 0.1) is 5.92 Å². The van der Waals surface area contributed by atoms with E-state index in [1.165, 1.54) is 0 Å². The van der Waals surface area contributed by atoms with E-state index in [9.17, 15) is 0 Å². The molecule has 1 aliphatic rings. The summed E-state index contributed by atoms with van der Waals surface area (Å²) in [7, 11) is 0. The van der Waals surface area contributed by atoms with Gasteiger partial charge in [-0.05, 0) is 19.3 Å². The van der Waals surface area contributed by atoms with Crippen molar-refractivity contribution in [3.63, 3.8) is 0 Å². The van der Waals surface area contributed by atoms with Gasteiger partial charge in [0.15, 0.2) is 5.96 Å². The number of guanidine groups is 1. The highest BCUT2D eigenvalue weighted by molar-refractivity contribution is 5.80. The minimum absolute atomic E-state index is 0.161. The molecule has 2 N–H and O–H groups in total. The Bertz CT molecular complexity index is 210. The molecule has 1 rings (SSSR count). The molecule has 1 aliphatic heterocycles. The summed E-state index contributed by atoms with van der Waals surface area (Å²) in [4.78, 5) is 6.56. The minimum Gasteiger partial charge on any atom is -0.370 e. The second-order valence-electron chi connectivity index (χ2n) is 4.53. The molecule has 0 aromatic carbocycles.